The van der Waals surface area contributed by atoms with Crippen molar-refractivity contribution in [3.05, 3.63) is 109 Å². The molecule has 1 N–H and O–H groups in total. The lowest BCUT2D eigenvalue weighted by Crippen LogP contribution is -2.37. The van der Waals surface area contributed by atoms with Crippen LogP contribution in [0.4, 0.5) is 0 Å². The van der Waals surface area contributed by atoms with Crippen LogP contribution in [0.3, 0.4) is 0 Å². The van der Waals surface area contributed by atoms with Crippen molar-refractivity contribution >= 4 is 19.8 Å². The van der Waals surface area contributed by atoms with Crippen LogP contribution < -0.4 is 0 Å². The van der Waals surface area contributed by atoms with E-state index < -0.39 is 32.5 Å². The first-order chi connectivity index (χ1) is 31.0. The van der Waals surface area contributed by atoms with E-state index in [2.05, 4.69) is 105 Å². The second-order valence-electron chi connectivity index (χ2n) is 17.1. The lowest BCUT2D eigenvalue weighted by molar-refractivity contribution is -0.870. The number of ether oxygens (including phenoxy) is 2. The van der Waals surface area contributed by atoms with E-state index in [0.717, 1.165) is 44.9 Å². The minimum atomic E-state index is -4.42. The molecule has 0 aromatic rings. The molecule has 0 heterocycles. The van der Waals surface area contributed by atoms with Crippen LogP contribution in [0.15, 0.2) is 109 Å². The van der Waals surface area contributed by atoms with Gasteiger partial charge in [0, 0.05) is 12.8 Å². The highest BCUT2D eigenvalue weighted by atomic mass is 31.2. The molecule has 0 aliphatic rings. The van der Waals surface area contributed by atoms with Crippen molar-refractivity contribution in [2.75, 3.05) is 47.5 Å². The van der Waals surface area contributed by atoms with E-state index in [1.807, 2.05) is 39.4 Å². The first-order valence-electron chi connectivity index (χ1n) is 24.6. The third-order valence-electron chi connectivity index (χ3n) is 9.79. The summed E-state index contributed by atoms with van der Waals surface area (Å²) in [6.45, 7) is 4.22. The molecule has 0 aliphatic heterocycles. The Balaban J connectivity index is 4.53. The van der Waals surface area contributed by atoms with Gasteiger partial charge in [-0.05, 0) is 89.9 Å². The molecule has 10 heteroatoms. The molecule has 0 spiro atoms. The topological polar surface area (TPSA) is 108 Å². The smallest absolute Gasteiger partial charge is 0.462 e. The second kappa shape index (κ2) is 44.9. The van der Waals surface area contributed by atoms with Gasteiger partial charge in [-0.1, -0.05) is 175 Å². The standard InChI is InChI=1S/C54H90NO8P/c1-6-8-10-12-14-16-18-20-22-24-26-27-29-31-33-35-37-39-41-43-45-47-54(57)63-52(51-62-64(58,59)61-49-48-55(3,4)5)50-60-53(56)46-44-42-40-38-36-34-32-30-28-25-23-21-19-17-15-13-11-9-7-2/h15,17,21-24,27-30,33-36,39-42,52H,6-14,16,18-20,25-26,31-32,37-38,43-51H2,1-5H3/p+1/b17-15+,23-21+,24-22+,29-27+,30-28+,35-33+,36-34+,41-39+,42-40+/t52-/m1/s1. The molecule has 0 saturated heterocycles. The molecule has 1 unspecified atom stereocenters. The summed E-state index contributed by atoms with van der Waals surface area (Å²) in [6.07, 6.45) is 61.7. The summed E-state index contributed by atoms with van der Waals surface area (Å²) in [4.78, 5) is 35.4. The predicted molar refractivity (Wildman–Crippen MR) is 270 cm³/mol. The minimum Gasteiger partial charge on any atom is -0.462 e. The lowest BCUT2D eigenvalue weighted by atomic mass is 10.1. The average molecular weight is 913 g/mol. The van der Waals surface area contributed by atoms with Crippen LogP contribution in [0.1, 0.15) is 168 Å². The van der Waals surface area contributed by atoms with Gasteiger partial charge in [0.05, 0.1) is 27.7 Å². The number of allylic oxidation sites excluding steroid dienone is 18. The Hall–Kier alpha value is -3.33. The van der Waals surface area contributed by atoms with Gasteiger partial charge in [-0.2, -0.15) is 0 Å². The van der Waals surface area contributed by atoms with Crippen LogP contribution in [-0.4, -0.2) is 74.9 Å². The van der Waals surface area contributed by atoms with E-state index in [-0.39, 0.29) is 26.1 Å². The van der Waals surface area contributed by atoms with Gasteiger partial charge in [0.25, 0.3) is 0 Å². The largest absolute Gasteiger partial charge is 0.472 e. The fourth-order valence-corrected chi connectivity index (χ4v) is 6.67. The van der Waals surface area contributed by atoms with E-state index in [1.54, 1.807) is 0 Å². The molecule has 0 aliphatic carbocycles. The third-order valence-corrected chi connectivity index (χ3v) is 10.8. The number of quaternary nitrogens is 1. The molecule has 0 aromatic carbocycles. The summed E-state index contributed by atoms with van der Waals surface area (Å²) in [5.74, 6) is -0.970. The number of hydrogen-bond donors (Lipinski definition) is 1. The Morgan fingerprint density at radius 2 is 0.875 bits per heavy atom. The first-order valence-corrected chi connectivity index (χ1v) is 26.1. The minimum absolute atomic E-state index is 0.00426. The highest BCUT2D eigenvalue weighted by Gasteiger charge is 2.27. The molecular weight excluding hydrogens is 822 g/mol. The molecule has 64 heavy (non-hydrogen) atoms. The number of phosphoric ester groups is 1. The SMILES string of the molecule is CCCCC/C=C/C/C=C/C/C=C/C/C=C/C/C=C/CCC(=O)OC[C@H](COP(=O)(O)OCC[N+](C)(C)C)OC(=O)CCC/C=C/C/C=C/C/C=C/C/C=C/CCCCCCCCC. The van der Waals surface area contributed by atoms with Gasteiger partial charge < -0.3 is 18.9 Å². The van der Waals surface area contributed by atoms with Crippen molar-refractivity contribution in [2.45, 2.75) is 174 Å². The van der Waals surface area contributed by atoms with E-state index >= 15 is 0 Å². The Labute approximate surface area is 391 Å². The van der Waals surface area contributed by atoms with Crippen LogP contribution >= 0.6 is 7.82 Å². The highest BCUT2D eigenvalue weighted by Crippen LogP contribution is 2.43. The maximum absolute atomic E-state index is 12.7. The molecule has 9 nitrogen and oxygen atoms in total. The summed E-state index contributed by atoms with van der Waals surface area (Å²) < 4.78 is 34.2. The second-order valence-corrected chi connectivity index (χ2v) is 18.6. The monoisotopic (exact) mass is 913 g/mol. The molecular formula is C54H91NO8P+. The zero-order valence-electron chi connectivity index (χ0n) is 41.0. The lowest BCUT2D eigenvalue weighted by Gasteiger charge is -2.24. The fourth-order valence-electron chi connectivity index (χ4n) is 5.93. The number of carbonyl (C=O) groups excluding carboxylic acids is 2. The maximum Gasteiger partial charge on any atom is 0.472 e. The Kier molecular flexibility index (Phi) is 42.5. The molecule has 0 fully saturated rings. The van der Waals surface area contributed by atoms with Crippen LogP contribution in [0, 0.1) is 0 Å². The number of hydrogen-bond acceptors (Lipinski definition) is 7. The van der Waals surface area contributed by atoms with Gasteiger partial charge in [-0.3, -0.25) is 18.6 Å². The molecule has 0 bridgehead atoms. The van der Waals surface area contributed by atoms with Gasteiger partial charge in [0.15, 0.2) is 6.10 Å². The average Bonchev–Trinajstić information content (AvgIpc) is 3.25. The number of unbranched alkanes of at least 4 members (excludes halogenated alkanes) is 11. The number of nitrogens with zero attached hydrogens (tertiary/aromatic N) is 1. The van der Waals surface area contributed by atoms with Crippen LogP contribution in [0.5, 0.6) is 0 Å². The van der Waals surface area contributed by atoms with Crippen molar-refractivity contribution in [1.29, 1.82) is 0 Å². The van der Waals surface area contributed by atoms with Crippen LogP contribution in [0.2, 0.25) is 0 Å². The van der Waals surface area contributed by atoms with E-state index in [9.17, 15) is 19.0 Å². The van der Waals surface area contributed by atoms with Gasteiger partial charge in [-0.25, -0.2) is 4.57 Å². The van der Waals surface area contributed by atoms with Crippen molar-refractivity contribution in [1.82, 2.24) is 0 Å². The predicted octanol–water partition coefficient (Wildman–Crippen LogP) is 14.7. The quantitative estimate of drug-likeness (QED) is 0.0212. The maximum atomic E-state index is 12.7. The number of carbonyl (C=O) groups is 2. The molecule has 0 amide bonds. The molecule has 0 rings (SSSR count). The molecule has 0 aromatic heterocycles. The summed E-state index contributed by atoms with van der Waals surface area (Å²) in [5.41, 5.74) is 0. The summed E-state index contributed by atoms with van der Waals surface area (Å²) in [6, 6.07) is 0. The Bertz CT molecular complexity index is 1450. The van der Waals surface area contributed by atoms with E-state index in [4.69, 9.17) is 18.5 Å². The van der Waals surface area contributed by atoms with Crippen molar-refractivity contribution < 1.29 is 42.1 Å². The van der Waals surface area contributed by atoms with E-state index in [1.165, 1.54) is 77.0 Å². The van der Waals surface area contributed by atoms with Gasteiger partial charge >= 0.3 is 19.8 Å². The van der Waals surface area contributed by atoms with Gasteiger partial charge in [0.2, 0.25) is 0 Å². The normalized spacial score (nSPS) is 14.4. The summed E-state index contributed by atoms with van der Waals surface area (Å²) in [5, 5.41) is 0. The number of rotatable bonds is 43. The fraction of sp³-hybridized carbons (Fsp3) is 0.630. The third kappa shape index (κ3) is 48.1. The highest BCUT2D eigenvalue weighted by molar-refractivity contribution is 7.47. The van der Waals surface area contributed by atoms with Crippen molar-refractivity contribution in [2.24, 2.45) is 0 Å². The van der Waals surface area contributed by atoms with Crippen LogP contribution in [0.25, 0.3) is 0 Å². The van der Waals surface area contributed by atoms with Crippen molar-refractivity contribution in [3.63, 3.8) is 0 Å². The van der Waals surface area contributed by atoms with Crippen molar-refractivity contribution in [3.8, 4) is 0 Å². The number of likely N-dealkylation sites (N-methyl/N-ethyl adjacent to an activating group) is 1. The molecule has 0 radical (unpaired) electrons. The Morgan fingerprint density at radius 1 is 0.484 bits per heavy atom. The molecule has 0 saturated carbocycles. The van der Waals surface area contributed by atoms with Crippen LogP contribution in [-0.2, 0) is 32.7 Å². The number of esters is 2. The van der Waals surface area contributed by atoms with Gasteiger partial charge in [-0.15, -0.1) is 0 Å². The van der Waals surface area contributed by atoms with E-state index in [0.29, 0.717) is 30.3 Å². The molecule has 364 valence electrons. The zero-order valence-corrected chi connectivity index (χ0v) is 41.9. The zero-order chi connectivity index (χ0) is 47.1. The molecule has 2 atom stereocenters. The first kappa shape index (κ1) is 60.7. The van der Waals surface area contributed by atoms with Gasteiger partial charge in [0.1, 0.15) is 19.8 Å². The number of phosphoric acid groups is 1. The summed E-state index contributed by atoms with van der Waals surface area (Å²) in [7, 11) is 1.39. The summed E-state index contributed by atoms with van der Waals surface area (Å²) >= 11 is 0. The Morgan fingerprint density at radius 3 is 1.34 bits per heavy atom.